The summed E-state index contributed by atoms with van der Waals surface area (Å²) >= 11 is 0. The third kappa shape index (κ3) is 60.3. The summed E-state index contributed by atoms with van der Waals surface area (Å²) < 4.78 is 16.9. The van der Waals surface area contributed by atoms with E-state index in [1.165, 1.54) is 89.9 Å². The predicted molar refractivity (Wildman–Crippen MR) is 325 cm³/mol. The fraction of sp³-hybridized carbons (Fsp3) is 0.638. The zero-order chi connectivity index (χ0) is 54.3. The molecule has 0 rings (SSSR count). The highest BCUT2D eigenvalue weighted by molar-refractivity contribution is 5.71. The summed E-state index contributed by atoms with van der Waals surface area (Å²) in [7, 11) is 0. The Hall–Kier alpha value is -4.45. The van der Waals surface area contributed by atoms with E-state index in [2.05, 4.69) is 154 Å². The van der Waals surface area contributed by atoms with Gasteiger partial charge in [-0.3, -0.25) is 14.4 Å². The molecule has 0 N–H and O–H groups in total. The maximum atomic E-state index is 12.9. The molecule has 424 valence electrons. The minimum Gasteiger partial charge on any atom is -0.462 e. The van der Waals surface area contributed by atoms with Crippen molar-refractivity contribution in [3.8, 4) is 0 Å². The van der Waals surface area contributed by atoms with Gasteiger partial charge in [-0.1, -0.05) is 244 Å². The second kappa shape index (κ2) is 62.1. The number of ether oxygens (including phenoxy) is 3. The molecule has 0 bridgehead atoms. The zero-order valence-corrected chi connectivity index (χ0v) is 48.5. The van der Waals surface area contributed by atoms with Crippen molar-refractivity contribution in [3.05, 3.63) is 134 Å². The Morgan fingerprint density at radius 1 is 0.280 bits per heavy atom. The second-order valence-corrected chi connectivity index (χ2v) is 19.8. The Balaban J connectivity index is 4.53. The number of allylic oxidation sites excluding steroid dienone is 22. The van der Waals surface area contributed by atoms with Crippen molar-refractivity contribution in [2.45, 2.75) is 271 Å². The minimum absolute atomic E-state index is 0.107. The Bertz CT molecular complexity index is 1620. The molecule has 0 amide bonds. The fourth-order valence-electron chi connectivity index (χ4n) is 8.08. The molecular formula is C69H112O6. The number of rotatable bonds is 54. The van der Waals surface area contributed by atoms with E-state index in [1.54, 1.807) is 0 Å². The maximum absolute atomic E-state index is 12.9. The molecular weight excluding hydrogens is 925 g/mol. The van der Waals surface area contributed by atoms with Crippen molar-refractivity contribution in [1.82, 2.24) is 0 Å². The lowest BCUT2D eigenvalue weighted by Crippen LogP contribution is -2.30. The number of carbonyl (C=O) groups is 3. The van der Waals surface area contributed by atoms with Crippen LogP contribution < -0.4 is 0 Å². The highest BCUT2D eigenvalue weighted by Gasteiger charge is 2.19. The minimum atomic E-state index is -0.817. The van der Waals surface area contributed by atoms with Crippen molar-refractivity contribution >= 4 is 17.9 Å². The Morgan fingerprint density at radius 3 is 0.840 bits per heavy atom. The van der Waals surface area contributed by atoms with E-state index in [-0.39, 0.29) is 37.5 Å². The monoisotopic (exact) mass is 1040 g/mol. The second-order valence-electron chi connectivity index (χ2n) is 19.8. The first-order valence-corrected chi connectivity index (χ1v) is 30.7. The molecule has 6 heteroatoms. The van der Waals surface area contributed by atoms with Gasteiger partial charge in [0.2, 0.25) is 0 Å². The third-order valence-electron chi connectivity index (χ3n) is 12.6. The first kappa shape index (κ1) is 70.5. The van der Waals surface area contributed by atoms with Gasteiger partial charge in [-0.25, -0.2) is 0 Å². The zero-order valence-electron chi connectivity index (χ0n) is 48.5. The van der Waals surface area contributed by atoms with Crippen LogP contribution in [0.4, 0.5) is 0 Å². The molecule has 6 nitrogen and oxygen atoms in total. The summed E-state index contributed by atoms with van der Waals surface area (Å²) in [5.74, 6) is -0.975. The van der Waals surface area contributed by atoms with Gasteiger partial charge in [0, 0.05) is 19.3 Å². The van der Waals surface area contributed by atoms with E-state index in [0.717, 1.165) is 128 Å². The van der Waals surface area contributed by atoms with E-state index in [1.807, 2.05) is 0 Å². The molecule has 0 saturated heterocycles. The summed E-state index contributed by atoms with van der Waals surface area (Å²) in [5.41, 5.74) is 0. The number of hydrogen-bond donors (Lipinski definition) is 0. The van der Waals surface area contributed by atoms with Gasteiger partial charge < -0.3 is 14.2 Å². The maximum Gasteiger partial charge on any atom is 0.306 e. The number of hydrogen-bond acceptors (Lipinski definition) is 6. The average Bonchev–Trinajstić information content (AvgIpc) is 3.41. The van der Waals surface area contributed by atoms with E-state index in [4.69, 9.17) is 14.2 Å². The summed E-state index contributed by atoms with van der Waals surface area (Å²) in [4.78, 5) is 38.3. The van der Waals surface area contributed by atoms with Gasteiger partial charge in [0.25, 0.3) is 0 Å². The molecule has 0 aromatic heterocycles. The molecule has 0 saturated carbocycles. The van der Waals surface area contributed by atoms with Gasteiger partial charge in [0.15, 0.2) is 6.10 Å². The first-order valence-electron chi connectivity index (χ1n) is 30.7. The van der Waals surface area contributed by atoms with Crippen LogP contribution >= 0.6 is 0 Å². The molecule has 0 aliphatic rings. The van der Waals surface area contributed by atoms with E-state index in [9.17, 15) is 14.4 Å². The largest absolute Gasteiger partial charge is 0.462 e. The number of esters is 3. The van der Waals surface area contributed by atoms with Crippen LogP contribution in [-0.2, 0) is 28.6 Å². The van der Waals surface area contributed by atoms with Gasteiger partial charge in [-0.05, 0) is 135 Å². The Kier molecular flexibility index (Phi) is 58.4. The molecule has 0 aromatic carbocycles. The summed E-state index contributed by atoms with van der Waals surface area (Å²) in [6.45, 7) is 6.36. The van der Waals surface area contributed by atoms with Gasteiger partial charge in [-0.2, -0.15) is 0 Å². The van der Waals surface area contributed by atoms with Crippen LogP contribution in [0, 0.1) is 0 Å². The number of carbonyl (C=O) groups excluding carboxylic acids is 3. The smallest absolute Gasteiger partial charge is 0.306 e. The molecule has 0 aliphatic heterocycles. The van der Waals surface area contributed by atoms with Crippen molar-refractivity contribution in [2.24, 2.45) is 0 Å². The van der Waals surface area contributed by atoms with E-state index < -0.39 is 6.10 Å². The highest BCUT2D eigenvalue weighted by Crippen LogP contribution is 2.14. The number of unbranched alkanes of at least 4 members (excludes halogenated alkanes) is 21. The summed E-state index contributed by atoms with van der Waals surface area (Å²) in [6.07, 6.45) is 87.3. The predicted octanol–water partition coefficient (Wildman–Crippen LogP) is 21.0. The molecule has 0 spiro atoms. The van der Waals surface area contributed by atoms with Crippen LogP contribution in [0.15, 0.2) is 134 Å². The van der Waals surface area contributed by atoms with Gasteiger partial charge in [-0.15, -0.1) is 0 Å². The van der Waals surface area contributed by atoms with Crippen molar-refractivity contribution < 1.29 is 28.6 Å². The molecule has 0 fully saturated rings. The van der Waals surface area contributed by atoms with Crippen LogP contribution in [-0.4, -0.2) is 37.2 Å². The molecule has 75 heavy (non-hydrogen) atoms. The van der Waals surface area contributed by atoms with Crippen molar-refractivity contribution in [2.75, 3.05) is 13.2 Å². The van der Waals surface area contributed by atoms with Crippen LogP contribution in [0.25, 0.3) is 0 Å². The van der Waals surface area contributed by atoms with Gasteiger partial charge >= 0.3 is 17.9 Å². The molecule has 1 atom stereocenters. The molecule has 0 heterocycles. The molecule has 0 unspecified atom stereocenters. The molecule has 0 aromatic rings. The van der Waals surface area contributed by atoms with E-state index >= 15 is 0 Å². The van der Waals surface area contributed by atoms with Crippen molar-refractivity contribution in [1.29, 1.82) is 0 Å². The highest BCUT2D eigenvalue weighted by atomic mass is 16.6. The lowest BCUT2D eigenvalue weighted by Gasteiger charge is -2.18. The SMILES string of the molecule is CC/C=C\C/C=C\C/C=C\C/C=C\C/C=C\CCCCCC(=O)OC[C@H](COC(=O)CCCCCCCCCCC/C=C\CCCCCCCC)OC(=O)CCCCC/C=C\C/C=C\C/C=C\C/C=C\C/C=C\CC. The molecule has 0 aliphatic carbocycles. The topological polar surface area (TPSA) is 78.9 Å². The van der Waals surface area contributed by atoms with E-state index in [0.29, 0.717) is 19.3 Å². The molecule has 0 radical (unpaired) electrons. The van der Waals surface area contributed by atoms with Crippen LogP contribution in [0.1, 0.15) is 265 Å². The average molecular weight is 1040 g/mol. The first-order chi connectivity index (χ1) is 37.0. The Morgan fingerprint density at radius 2 is 0.520 bits per heavy atom. The summed E-state index contributed by atoms with van der Waals surface area (Å²) in [6, 6.07) is 0. The Labute approximate surface area is 462 Å². The van der Waals surface area contributed by atoms with Crippen LogP contribution in [0.3, 0.4) is 0 Å². The quantitative estimate of drug-likeness (QED) is 0.0261. The van der Waals surface area contributed by atoms with Crippen molar-refractivity contribution in [3.63, 3.8) is 0 Å². The van der Waals surface area contributed by atoms with Gasteiger partial charge in [0.05, 0.1) is 0 Å². The summed E-state index contributed by atoms with van der Waals surface area (Å²) in [5, 5.41) is 0. The lowest BCUT2D eigenvalue weighted by molar-refractivity contribution is -0.167. The van der Waals surface area contributed by atoms with Crippen LogP contribution in [0.2, 0.25) is 0 Å². The van der Waals surface area contributed by atoms with Gasteiger partial charge in [0.1, 0.15) is 13.2 Å². The third-order valence-corrected chi connectivity index (χ3v) is 12.6. The normalized spacial score (nSPS) is 13.1. The van der Waals surface area contributed by atoms with Crippen LogP contribution in [0.5, 0.6) is 0 Å². The lowest BCUT2D eigenvalue weighted by atomic mass is 10.1. The fourth-order valence-corrected chi connectivity index (χ4v) is 8.08. The standard InChI is InChI=1S/C69H112O6/c1-4-7-10-13-16-19-22-25-28-31-34-37-40-43-46-49-52-55-58-61-67(70)73-64-66(75-69(72)63-60-57-54-51-48-45-42-39-36-33-30-27-24-21-18-15-12-9-6-3)65-74-68(71)62-59-56-53-50-47-44-41-38-35-32-29-26-23-20-17-14-11-8-5-2/h7,9-10,12,16,18-19,21,25-30,34,36-37,39,43,45-46,48,66H,4-6,8,11,13-15,17,20,22-24,31-33,35,38,40-42,44,47,49-65H2,1-3H3/b10-7-,12-9-,19-16-,21-18-,28-25-,29-26-,30-27-,37-34-,39-36-,46-43-,48-45-/t66-/m1/s1.